The fraction of sp³-hybridized carbons (Fsp3) is 0.235. The number of carbonyl (C=O) groups excluding carboxylic acids is 2. The van der Waals surface area contributed by atoms with Crippen LogP contribution in [0.15, 0.2) is 119 Å². The van der Waals surface area contributed by atoms with E-state index < -0.39 is 28.5 Å². The number of rotatable bonds is 13. The molecule has 0 fully saturated rings. The van der Waals surface area contributed by atoms with E-state index >= 15 is 0 Å². The number of benzene rings is 4. The zero-order chi connectivity index (χ0) is 31.7. The fourth-order valence-electron chi connectivity index (χ4n) is 4.69. The van der Waals surface area contributed by atoms with Crippen LogP contribution in [0.2, 0.25) is 5.02 Å². The first-order chi connectivity index (χ1) is 21.0. The van der Waals surface area contributed by atoms with Gasteiger partial charge in [0.05, 0.1) is 10.6 Å². The molecule has 1 atom stereocenters. The van der Waals surface area contributed by atoms with Crippen molar-refractivity contribution in [2.45, 2.75) is 37.8 Å². The van der Waals surface area contributed by atoms with Crippen molar-refractivity contribution >= 4 is 55.1 Å². The number of halogens is 2. The van der Waals surface area contributed by atoms with Crippen molar-refractivity contribution in [3.63, 3.8) is 0 Å². The molecule has 4 rings (SSSR count). The Hall–Kier alpha value is -3.66. The van der Waals surface area contributed by atoms with Crippen LogP contribution in [0, 0.1) is 5.92 Å². The predicted molar refractivity (Wildman–Crippen MR) is 179 cm³/mol. The average Bonchev–Trinajstić information content (AvgIpc) is 3.01. The number of sulfonamides is 1. The van der Waals surface area contributed by atoms with E-state index in [0.29, 0.717) is 11.6 Å². The predicted octanol–water partition coefficient (Wildman–Crippen LogP) is 6.71. The Labute approximate surface area is 273 Å². The van der Waals surface area contributed by atoms with E-state index in [-0.39, 0.29) is 35.4 Å². The molecule has 1 N–H and O–H groups in total. The molecule has 2 amide bonds. The molecule has 0 spiro atoms. The maximum Gasteiger partial charge on any atom is 0.264 e. The SMILES string of the molecule is CC(C)CNC(=O)C(Cc1ccccc1)N(Cc1cccc(Br)c1)C(=O)CN(c1cccc(Cl)c1)S(=O)(=O)c1ccccc1. The Morgan fingerprint density at radius 2 is 1.48 bits per heavy atom. The minimum atomic E-state index is -4.19. The molecule has 4 aromatic rings. The van der Waals surface area contributed by atoms with Crippen molar-refractivity contribution in [2.24, 2.45) is 5.92 Å². The minimum Gasteiger partial charge on any atom is -0.354 e. The monoisotopic (exact) mass is 695 g/mol. The summed E-state index contributed by atoms with van der Waals surface area (Å²) >= 11 is 9.77. The highest BCUT2D eigenvalue weighted by Crippen LogP contribution is 2.27. The molecule has 4 aromatic carbocycles. The summed E-state index contributed by atoms with van der Waals surface area (Å²) in [6.45, 7) is 3.95. The van der Waals surface area contributed by atoms with E-state index in [1.54, 1.807) is 36.4 Å². The van der Waals surface area contributed by atoms with Crippen LogP contribution in [0.25, 0.3) is 0 Å². The summed E-state index contributed by atoms with van der Waals surface area (Å²) in [6.07, 6.45) is 0.243. The van der Waals surface area contributed by atoms with Gasteiger partial charge in [0.25, 0.3) is 10.0 Å². The van der Waals surface area contributed by atoms with Crippen molar-refractivity contribution in [3.8, 4) is 0 Å². The molecule has 1 unspecified atom stereocenters. The third kappa shape index (κ3) is 8.94. The summed E-state index contributed by atoms with van der Waals surface area (Å²) in [7, 11) is -4.19. The van der Waals surface area contributed by atoms with Gasteiger partial charge in [-0.3, -0.25) is 13.9 Å². The number of anilines is 1. The molecule has 44 heavy (non-hydrogen) atoms. The minimum absolute atomic E-state index is 0.0295. The van der Waals surface area contributed by atoms with Crippen LogP contribution in [0.4, 0.5) is 5.69 Å². The zero-order valence-electron chi connectivity index (χ0n) is 24.6. The zero-order valence-corrected chi connectivity index (χ0v) is 27.7. The van der Waals surface area contributed by atoms with Crippen LogP contribution >= 0.6 is 27.5 Å². The third-order valence-electron chi connectivity index (χ3n) is 6.90. The van der Waals surface area contributed by atoms with E-state index in [0.717, 1.165) is 19.9 Å². The van der Waals surface area contributed by atoms with Gasteiger partial charge in [0, 0.05) is 29.0 Å². The van der Waals surface area contributed by atoms with Gasteiger partial charge in [-0.15, -0.1) is 0 Å². The van der Waals surface area contributed by atoms with Crippen molar-refractivity contribution < 1.29 is 18.0 Å². The van der Waals surface area contributed by atoms with Gasteiger partial charge in [-0.25, -0.2) is 8.42 Å². The van der Waals surface area contributed by atoms with Gasteiger partial charge in [-0.2, -0.15) is 0 Å². The lowest BCUT2D eigenvalue weighted by atomic mass is 10.0. The summed E-state index contributed by atoms with van der Waals surface area (Å²) in [4.78, 5) is 29.8. The maximum absolute atomic E-state index is 14.4. The van der Waals surface area contributed by atoms with Crippen LogP contribution in [-0.2, 0) is 32.6 Å². The Bertz CT molecular complexity index is 1670. The van der Waals surface area contributed by atoms with Crippen molar-refractivity contribution in [1.82, 2.24) is 10.2 Å². The highest BCUT2D eigenvalue weighted by Gasteiger charge is 2.34. The molecule has 0 saturated carbocycles. The highest BCUT2D eigenvalue weighted by atomic mass is 79.9. The lowest BCUT2D eigenvalue weighted by Crippen LogP contribution is -2.53. The normalized spacial score (nSPS) is 12.0. The summed E-state index contributed by atoms with van der Waals surface area (Å²) in [5.41, 5.74) is 1.89. The Morgan fingerprint density at radius 3 is 2.11 bits per heavy atom. The number of nitrogens with one attached hydrogen (secondary N) is 1. The van der Waals surface area contributed by atoms with E-state index in [2.05, 4.69) is 21.2 Å². The van der Waals surface area contributed by atoms with Gasteiger partial charge in [0.15, 0.2) is 0 Å². The van der Waals surface area contributed by atoms with Gasteiger partial charge in [-0.05, 0) is 59.5 Å². The summed E-state index contributed by atoms with van der Waals surface area (Å²) in [5.74, 6) is -0.656. The van der Waals surface area contributed by atoms with E-state index in [4.69, 9.17) is 11.6 Å². The molecule has 0 heterocycles. The standard InChI is InChI=1S/C34H35BrClN3O4S/c1-25(2)22-37-34(41)32(20-26-11-5-3-6-12-26)38(23-27-13-9-14-28(35)19-27)33(40)24-39(30-16-10-15-29(36)21-30)44(42,43)31-17-7-4-8-18-31/h3-19,21,25,32H,20,22-24H2,1-2H3,(H,37,41). The molecule has 230 valence electrons. The molecule has 0 bridgehead atoms. The molecule has 0 aliphatic rings. The van der Waals surface area contributed by atoms with Crippen LogP contribution in [0.1, 0.15) is 25.0 Å². The summed E-state index contributed by atoms with van der Waals surface area (Å²) < 4.78 is 29.9. The highest BCUT2D eigenvalue weighted by molar-refractivity contribution is 9.10. The van der Waals surface area contributed by atoms with E-state index in [1.807, 2.05) is 68.4 Å². The molecule has 0 saturated heterocycles. The molecular weight excluding hydrogens is 662 g/mol. The van der Waals surface area contributed by atoms with Crippen LogP contribution < -0.4 is 9.62 Å². The first-order valence-corrected chi connectivity index (χ1v) is 16.8. The molecule has 0 aliphatic carbocycles. The second-order valence-corrected chi connectivity index (χ2v) is 14.0. The van der Waals surface area contributed by atoms with E-state index in [1.165, 1.54) is 23.1 Å². The van der Waals surface area contributed by atoms with Crippen LogP contribution in [-0.4, -0.2) is 44.3 Å². The average molecular weight is 697 g/mol. The topological polar surface area (TPSA) is 86.8 Å². The van der Waals surface area contributed by atoms with Crippen molar-refractivity contribution in [2.75, 3.05) is 17.4 Å². The van der Waals surface area contributed by atoms with Crippen molar-refractivity contribution in [3.05, 3.63) is 130 Å². The Morgan fingerprint density at radius 1 is 0.841 bits per heavy atom. The second kappa shape index (κ2) is 15.4. The van der Waals surface area contributed by atoms with Crippen LogP contribution in [0.3, 0.4) is 0 Å². The first kappa shape index (κ1) is 33.2. The first-order valence-electron chi connectivity index (χ1n) is 14.2. The van der Waals surface area contributed by atoms with Crippen LogP contribution in [0.5, 0.6) is 0 Å². The van der Waals surface area contributed by atoms with Crippen molar-refractivity contribution in [1.29, 1.82) is 0 Å². The second-order valence-electron chi connectivity index (χ2n) is 10.8. The molecule has 0 aromatic heterocycles. The largest absolute Gasteiger partial charge is 0.354 e. The van der Waals surface area contributed by atoms with Gasteiger partial charge in [0.1, 0.15) is 12.6 Å². The van der Waals surface area contributed by atoms with Gasteiger partial charge in [-0.1, -0.05) is 108 Å². The number of hydrogen-bond acceptors (Lipinski definition) is 4. The number of amides is 2. The summed E-state index contributed by atoms with van der Waals surface area (Å²) in [5, 5.41) is 3.32. The number of nitrogens with zero attached hydrogens (tertiary/aromatic N) is 2. The smallest absolute Gasteiger partial charge is 0.264 e. The molecule has 0 radical (unpaired) electrons. The molecule has 0 aliphatic heterocycles. The maximum atomic E-state index is 14.4. The van der Waals surface area contributed by atoms with Gasteiger partial charge < -0.3 is 10.2 Å². The van der Waals surface area contributed by atoms with Gasteiger partial charge >= 0.3 is 0 Å². The lowest BCUT2D eigenvalue weighted by molar-refractivity contribution is -0.140. The fourth-order valence-corrected chi connectivity index (χ4v) is 6.75. The Balaban J connectivity index is 1.79. The lowest BCUT2D eigenvalue weighted by Gasteiger charge is -2.34. The quantitative estimate of drug-likeness (QED) is 0.168. The summed E-state index contributed by atoms with van der Waals surface area (Å²) in [6, 6.07) is 30.3. The molecule has 10 heteroatoms. The molecular formula is C34H35BrClN3O4S. The Kier molecular flexibility index (Phi) is 11.6. The van der Waals surface area contributed by atoms with Gasteiger partial charge in [0.2, 0.25) is 11.8 Å². The number of hydrogen-bond donors (Lipinski definition) is 1. The molecule has 7 nitrogen and oxygen atoms in total. The number of carbonyl (C=O) groups is 2. The third-order valence-corrected chi connectivity index (χ3v) is 9.42. The van der Waals surface area contributed by atoms with E-state index in [9.17, 15) is 18.0 Å².